The summed E-state index contributed by atoms with van der Waals surface area (Å²) in [4.78, 5) is 14.2. The van der Waals surface area contributed by atoms with E-state index in [1.165, 1.54) is 11.1 Å². The Morgan fingerprint density at radius 2 is 1.52 bits per heavy atom. The molecule has 6 nitrogen and oxygen atoms in total. The molecule has 4 rings (SSSR count). The van der Waals surface area contributed by atoms with Gasteiger partial charge in [-0.3, -0.25) is 9.69 Å². The van der Waals surface area contributed by atoms with Crippen LogP contribution in [-0.2, 0) is 13.0 Å². The molecule has 3 aromatic carbocycles. The average molecular weight is 424 g/mol. The standard InChI is InChI=1S/C25H29NO5/c1-14(2)26-8-7-16-18-11-22(29-4)24(30-5)25(31-6)23(18)19-10-21(28-3)15(13-27)9-17(19)20(16)12-26/h9-11,13-14H,7-8,12H2,1-6H3. The Labute approximate surface area is 182 Å². The summed E-state index contributed by atoms with van der Waals surface area (Å²) in [5.41, 5.74) is 3.04. The summed E-state index contributed by atoms with van der Waals surface area (Å²) >= 11 is 0. The Morgan fingerprint density at radius 3 is 2.10 bits per heavy atom. The predicted octanol–water partition coefficient (Wildman–Crippen LogP) is 4.61. The van der Waals surface area contributed by atoms with Crippen LogP contribution >= 0.6 is 0 Å². The summed E-state index contributed by atoms with van der Waals surface area (Å²) in [5.74, 6) is 2.35. The summed E-state index contributed by atoms with van der Waals surface area (Å²) in [6, 6.07) is 6.35. The Hall–Kier alpha value is -2.99. The molecule has 6 heteroatoms. The Bertz CT molecular complexity index is 1170. The molecule has 0 radical (unpaired) electrons. The van der Waals surface area contributed by atoms with Gasteiger partial charge in [0.1, 0.15) is 5.75 Å². The van der Waals surface area contributed by atoms with E-state index in [9.17, 15) is 4.79 Å². The van der Waals surface area contributed by atoms with Gasteiger partial charge in [0.05, 0.1) is 34.0 Å². The van der Waals surface area contributed by atoms with Gasteiger partial charge < -0.3 is 18.9 Å². The Balaban J connectivity index is 2.22. The van der Waals surface area contributed by atoms with Gasteiger partial charge in [0, 0.05) is 24.5 Å². The van der Waals surface area contributed by atoms with Crippen LogP contribution in [0.1, 0.15) is 35.3 Å². The molecule has 0 saturated heterocycles. The third-order valence-corrected chi connectivity index (χ3v) is 6.35. The maximum atomic E-state index is 11.8. The van der Waals surface area contributed by atoms with Gasteiger partial charge in [0.15, 0.2) is 17.8 Å². The minimum Gasteiger partial charge on any atom is -0.496 e. The van der Waals surface area contributed by atoms with Crippen LogP contribution < -0.4 is 18.9 Å². The molecule has 0 bridgehead atoms. The maximum Gasteiger partial charge on any atom is 0.203 e. The minimum atomic E-state index is 0.433. The van der Waals surface area contributed by atoms with Crippen molar-refractivity contribution in [2.24, 2.45) is 0 Å². The van der Waals surface area contributed by atoms with Gasteiger partial charge in [-0.25, -0.2) is 0 Å². The fourth-order valence-electron chi connectivity index (χ4n) is 4.75. The van der Waals surface area contributed by atoms with Crippen molar-refractivity contribution in [2.75, 3.05) is 35.0 Å². The largest absolute Gasteiger partial charge is 0.496 e. The molecule has 0 saturated carbocycles. The van der Waals surface area contributed by atoms with E-state index in [2.05, 4.69) is 18.7 Å². The molecular weight excluding hydrogens is 394 g/mol. The van der Waals surface area contributed by atoms with E-state index >= 15 is 0 Å². The first-order valence-electron chi connectivity index (χ1n) is 10.5. The van der Waals surface area contributed by atoms with Crippen LogP contribution in [0.5, 0.6) is 23.0 Å². The van der Waals surface area contributed by atoms with Crippen molar-refractivity contribution in [3.8, 4) is 23.0 Å². The van der Waals surface area contributed by atoms with E-state index in [-0.39, 0.29) is 0 Å². The van der Waals surface area contributed by atoms with Crippen molar-refractivity contribution in [3.63, 3.8) is 0 Å². The molecule has 0 aromatic heterocycles. The molecule has 0 spiro atoms. The van der Waals surface area contributed by atoms with Crippen molar-refractivity contribution in [1.82, 2.24) is 4.90 Å². The lowest BCUT2D eigenvalue weighted by Crippen LogP contribution is -2.36. The smallest absolute Gasteiger partial charge is 0.203 e. The van der Waals surface area contributed by atoms with Gasteiger partial charge in [0.2, 0.25) is 5.75 Å². The molecule has 1 heterocycles. The first-order valence-corrected chi connectivity index (χ1v) is 10.5. The number of rotatable bonds is 6. The second-order valence-electron chi connectivity index (χ2n) is 8.10. The third-order valence-electron chi connectivity index (χ3n) is 6.35. The number of carbonyl (C=O) groups excluding carboxylic acids is 1. The van der Waals surface area contributed by atoms with Crippen molar-refractivity contribution in [1.29, 1.82) is 0 Å². The van der Waals surface area contributed by atoms with Crippen molar-refractivity contribution in [3.05, 3.63) is 34.9 Å². The molecule has 0 fully saturated rings. The van der Waals surface area contributed by atoms with E-state index in [0.29, 0.717) is 34.6 Å². The number of fused-ring (bicyclic) bond motifs is 6. The van der Waals surface area contributed by atoms with Crippen LogP contribution in [0.3, 0.4) is 0 Å². The number of carbonyl (C=O) groups is 1. The van der Waals surface area contributed by atoms with Crippen molar-refractivity contribution in [2.45, 2.75) is 32.9 Å². The molecule has 0 unspecified atom stereocenters. The Morgan fingerprint density at radius 1 is 0.839 bits per heavy atom. The predicted molar refractivity (Wildman–Crippen MR) is 122 cm³/mol. The molecule has 31 heavy (non-hydrogen) atoms. The fraction of sp³-hybridized carbons (Fsp3) is 0.400. The highest BCUT2D eigenvalue weighted by molar-refractivity contribution is 6.16. The van der Waals surface area contributed by atoms with Gasteiger partial charge >= 0.3 is 0 Å². The Kier molecular flexibility index (Phi) is 5.67. The quantitative estimate of drug-likeness (QED) is 0.426. The number of aldehydes is 1. The lowest BCUT2D eigenvalue weighted by Gasteiger charge is -2.34. The number of methoxy groups -OCH3 is 4. The first kappa shape index (κ1) is 21.2. The molecular formula is C25H29NO5. The summed E-state index contributed by atoms with van der Waals surface area (Å²) < 4.78 is 22.7. The molecule has 0 amide bonds. The number of hydrogen-bond acceptors (Lipinski definition) is 6. The SMILES string of the molecule is COc1cc2c(cc1C=O)c1c(c3cc(OC)c(OC)c(OC)c32)CCN(C(C)C)C1. The van der Waals surface area contributed by atoms with Crippen LogP contribution in [0.25, 0.3) is 21.5 Å². The highest BCUT2D eigenvalue weighted by Gasteiger charge is 2.28. The molecule has 3 aromatic rings. The van der Waals surface area contributed by atoms with Gasteiger partial charge in [-0.05, 0) is 65.8 Å². The highest BCUT2D eigenvalue weighted by atomic mass is 16.5. The number of nitrogens with zero attached hydrogens (tertiary/aromatic N) is 1. The molecule has 0 aliphatic carbocycles. The van der Waals surface area contributed by atoms with Gasteiger partial charge in [-0.2, -0.15) is 0 Å². The number of ether oxygens (including phenoxy) is 4. The van der Waals surface area contributed by atoms with Crippen molar-refractivity contribution >= 4 is 27.8 Å². The van der Waals surface area contributed by atoms with Gasteiger partial charge in [-0.1, -0.05) is 0 Å². The summed E-state index contributed by atoms with van der Waals surface area (Å²) in [7, 11) is 6.46. The minimum absolute atomic E-state index is 0.433. The van der Waals surface area contributed by atoms with Crippen LogP contribution in [0.4, 0.5) is 0 Å². The third kappa shape index (κ3) is 3.26. The van der Waals surface area contributed by atoms with Crippen LogP contribution in [-0.4, -0.2) is 52.2 Å². The lowest BCUT2D eigenvalue weighted by molar-refractivity contribution is 0.112. The van der Waals surface area contributed by atoms with Gasteiger partial charge in [0.25, 0.3) is 0 Å². The van der Waals surface area contributed by atoms with E-state index in [0.717, 1.165) is 47.3 Å². The molecule has 1 aliphatic heterocycles. The van der Waals surface area contributed by atoms with Gasteiger partial charge in [-0.15, -0.1) is 0 Å². The zero-order valence-corrected chi connectivity index (χ0v) is 19.0. The number of hydrogen-bond donors (Lipinski definition) is 0. The van der Waals surface area contributed by atoms with E-state index in [4.69, 9.17) is 18.9 Å². The second-order valence-corrected chi connectivity index (χ2v) is 8.10. The molecule has 0 atom stereocenters. The normalized spacial score (nSPS) is 14.0. The zero-order valence-electron chi connectivity index (χ0n) is 19.0. The van der Waals surface area contributed by atoms with Crippen LogP contribution in [0, 0.1) is 0 Å². The topological polar surface area (TPSA) is 57.2 Å². The van der Waals surface area contributed by atoms with Crippen molar-refractivity contribution < 1.29 is 23.7 Å². The molecule has 1 aliphatic rings. The summed E-state index contributed by atoms with van der Waals surface area (Å²) in [6.07, 6.45) is 1.75. The highest BCUT2D eigenvalue weighted by Crippen LogP contribution is 2.49. The molecule has 164 valence electrons. The zero-order chi connectivity index (χ0) is 22.3. The first-order chi connectivity index (χ1) is 15.0. The fourth-order valence-corrected chi connectivity index (χ4v) is 4.75. The van der Waals surface area contributed by atoms with Crippen LogP contribution in [0.15, 0.2) is 18.2 Å². The second kappa shape index (κ2) is 8.27. The monoisotopic (exact) mass is 423 g/mol. The van der Waals surface area contributed by atoms with Crippen LogP contribution in [0.2, 0.25) is 0 Å². The summed E-state index contributed by atoms with van der Waals surface area (Å²) in [5, 5.41) is 4.05. The lowest BCUT2D eigenvalue weighted by atomic mass is 9.86. The summed E-state index contributed by atoms with van der Waals surface area (Å²) in [6.45, 7) is 6.22. The van der Waals surface area contributed by atoms with E-state index < -0.39 is 0 Å². The average Bonchev–Trinajstić information content (AvgIpc) is 2.81. The van der Waals surface area contributed by atoms with E-state index in [1.54, 1.807) is 28.4 Å². The molecule has 0 N–H and O–H groups in total. The van der Waals surface area contributed by atoms with E-state index in [1.807, 2.05) is 18.2 Å². The number of benzene rings is 3. The maximum absolute atomic E-state index is 11.8.